The van der Waals surface area contributed by atoms with Crippen LogP contribution in [0.1, 0.15) is 13.3 Å². The lowest BCUT2D eigenvalue weighted by molar-refractivity contribution is 0.305. The molecule has 0 spiro atoms. The van der Waals surface area contributed by atoms with E-state index in [1.165, 1.54) is 0 Å². The van der Waals surface area contributed by atoms with Crippen molar-refractivity contribution in [2.75, 3.05) is 6.61 Å². The van der Waals surface area contributed by atoms with Gasteiger partial charge in [-0.05, 0) is 18.8 Å². The third kappa shape index (κ3) is 5.08. The van der Waals surface area contributed by atoms with E-state index in [4.69, 9.17) is 5.11 Å². The van der Waals surface area contributed by atoms with Crippen molar-refractivity contribution in [2.45, 2.75) is 13.3 Å². The third-order valence-electron chi connectivity index (χ3n) is 0.513. The summed E-state index contributed by atoms with van der Waals surface area (Å²) in [4.78, 5) is 0. The lowest BCUT2D eigenvalue weighted by Crippen LogP contribution is -1.74. The minimum atomic E-state index is 0.123. The van der Waals surface area contributed by atoms with Crippen LogP contribution in [-0.4, -0.2) is 11.7 Å². The predicted molar refractivity (Wildman–Crippen MR) is 32.9 cm³/mol. The Bertz CT molecular complexity index is 149. The highest BCUT2D eigenvalue weighted by Gasteiger charge is 1.66. The molecule has 0 aromatic rings. The zero-order chi connectivity index (χ0) is 6.24. The lowest BCUT2D eigenvalue weighted by Gasteiger charge is -1.72. The Kier molecular flexibility index (Phi) is 5.38. The van der Waals surface area contributed by atoms with Crippen LogP contribution in [-0.2, 0) is 0 Å². The minimum Gasteiger partial charge on any atom is -0.395 e. The summed E-state index contributed by atoms with van der Waals surface area (Å²) in [6.07, 6.45) is 0.522. The second-order valence-corrected chi connectivity index (χ2v) is 1.15. The molecule has 0 fully saturated rings. The Balaban J connectivity index is 3.31. The van der Waals surface area contributed by atoms with Gasteiger partial charge in [-0.3, -0.25) is 0 Å². The van der Waals surface area contributed by atoms with E-state index in [0.29, 0.717) is 6.42 Å². The van der Waals surface area contributed by atoms with Gasteiger partial charge >= 0.3 is 0 Å². The fraction of sp³-hybridized carbons (Fsp3) is 0.429. The second-order valence-electron chi connectivity index (χ2n) is 1.15. The molecule has 0 amide bonds. The molecule has 1 heteroatoms. The molecule has 0 unspecified atom stereocenters. The van der Waals surface area contributed by atoms with E-state index < -0.39 is 0 Å². The third-order valence-corrected chi connectivity index (χ3v) is 0.513. The molecule has 0 saturated carbocycles. The van der Waals surface area contributed by atoms with Crippen LogP contribution in [0.4, 0.5) is 0 Å². The summed E-state index contributed by atoms with van der Waals surface area (Å²) in [6, 6.07) is 0. The lowest BCUT2D eigenvalue weighted by atomic mass is 10.4. The van der Waals surface area contributed by atoms with E-state index in [-0.39, 0.29) is 6.61 Å². The molecule has 0 atom stereocenters. The molecule has 0 radical (unpaired) electrons. The van der Waals surface area contributed by atoms with E-state index in [9.17, 15) is 0 Å². The van der Waals surface area contributed by atoms with Crippen molar-refractivity contribution in [3.63, 3.8) is 0 Å². The van der Waals surface area contributed by atoms with Gasteiger partial charge in [0.25, 0.3) is 0 Å². The molecule has 1 nitrogen and oxygen atoms in total. The fourth-order valence-corrected chi connectivity index (χ4v) is 0.225. The standard InChI is InChI=1S/C7H8O/c1-2-3-4-5-6-7-8/h8H,6-7H2,1H3. The summed E-state index contributed by atoms with van der Waals surface area (Å²) >= 11 is 0. The zero-order valence-corrected chi connectivity index (χ0v) is 4.86. The average molecular weight is 108 g/mol. The number of hydrogen-bond donors (Lipinski definition) is 1. The first-order valence-corrected chi connectivity index (χ1v) is 2.42. The van der Waals surface area contributed by atoms with Gasteiger partial charge in [0, 0.05) is 6.42 Å². The highest BCUT2D eigenvalue weighted by Crippen LogP contribution is 1.66. The van der Waals surface area contributed by atoms with Gasteiger partial charge in [0.15, 0.2) is 0 Å². The number of hydrogen-bond acceptors (Lipinski definition) is 1. The molecule has 42 valence electrons. The normalized spacial score (nSPS) is 5.75. The molecular formula is C7H8O. The molecule has 0 aliphatic carbocycles. The van der Waals surface area contributed by atoms with Crippen molar-refractivity contribution < 1.29 is 5.11 Å². The van der Waals surface area contributed by atoms with Crippen molar-refractivity contribution in [2.24, 2.45) is 0 Å². The van der Waals surface area contributed by atoms with E-state index in [0.717, 1.165) is 0 Å². The van der Waals surface area contributed by atoms with Crippen LogP contribution in [0, 0.1) is 23.7 Å². The van der Waals surface area contributed by atoms with Gasteiger partial charge in [0.2, 0.25) is 0 Å². The van der Waals surface area contributed by atoms with Gasteiger partial charge < -0.3 is 5.11 Å². The Morgan fingerprint density at radius 3 is 2.62 bits per heavy atom. The van der Waals surface area contributed by atoms with Crippen molar-refractivity contribution in [3.8, 4) is 23.7 Å². The quantitative estimate of drug-likeness (QED) is 0.482. The Morgan fingerprint density at radius 1 is 1.38 bits per heavy atom. The van der Waals surface area contributed by atoms with Crippen LogP contribution in [0.15, 0.2) is 0 Å². The summed E-state index contributed by atoms with van der Waals surface area (Å²) in [5.74, 6) is 10.4. The van der Waals surface area contributed by atoms with Gasteiger partial charge in [-0.1, -0.05) is 11.8 Å². The van der Waals surface area contributed by atoms with Crippen molar-refractivity contribution in [1.82, 2.24) is 0 Å². The highest BCUT2D eigenvalue weighted by molar-refractivity contribution is 5.24. The van der Waals surface area contributed by atoms with E-state index in [1.54, 1.807) is 6.92 Å². The van der Waals surface area contributed by atoms with Crippen LogP contribution in [0.3, 0.4) is 0 Å². The topological polar surface area (TPSA) is 20.2 Å². The molecule has 1 N–H and O–H groups in total. The van der Waals surface area contributed by atoms with Gasteiger partial charge in [0.1, 0.15) is 0 Å². The van der Waals surface area contributed by atoms with Crippen molar-refractivity contribution in [3.05, 3.63) is 0 Å². The maximum absolute atomic E-state index is 8.21. The zero-order valence-electron chi connectivity index (χ0n) is 4.86. The number of aliphatic hydroxyl groups excluding tert-OH is 1. The van der Waals surface area contributed by atoms with Crippen LogP contribution in [0.2, 0.25) is 0 Å². The second kappa shape index (κ2) is 6.08. The number of aliphatic hydroxyl groups is 1. The Hall–Kier alpha value is -0.920. The minimum absolute atomic E-state index is 0.123. The van der Waals surface area contributed by atoms with E-state index >= 15 is 0 Å². The Morgan fingerprint density at radius 2 is 2.12 bits per heavy atom. The first-order valence-electron chi connectivity index (χ1n) is 2.42. The van der Waals surface area contributed by atoms with E-state index in [1.807, 2.05) is 0 Å². The van der Waals surface area contributed by atoms with Crippen molar-refractivity contribution in [1.29, 1.82) is 0 Å². The molecule has 0 rings (SSSR count). The Labute approximate surface area is 49.7 Å². The van der Waals surface area contributed by atoms with Gasteiger partial charge in [-0.2, -0.15) is 0 Å². The number of rotatable bonds is 1. The van der Waals surface area contributed by atoms with Gasteiger partial charge in [0.05, 0.1) is 6.61 Å². The van der Waals surface area contributed by atoms with E-state index in [2.05, 4.69) is 23.7 Å². The molecule has 0 aliphatic heterocycles. The molecule has 0 aromatic heterocycles. The van der Waals surface area contributed by atoms with Crippen LogP contribution < -0.4 is 0 Å². The fourth-order valence-electron chi connectivity index (χ4n) is 0.225. The molecule has 0 heterocycles. The first kappa shape index (κ1) is 7.08. The summed E-state index contributed by atoms with van der Waals surface area (Å²) in [5, 5.41) is 8.21. The van der Waals surface area contributed by atoms with Crippen LogP contribution >= 0.6 is 0 Å². The smallest absolute Gasteiger partial charge is 0.0540 e. The van der Waals surface area contributed by atoms with Crippen LogP contribution in [0.25, 0.3) is 0 Å². The van der Waals surface area contributed by atoms with Crippen molar-refractivity contribution >= 4 is 0 Å². The molecule has 0 saturated heterocycles. The molecule has 0 bridgehead atoms. The highest BCUT2D eigenvalue weighted by atomic mass is 16.2. The average Bonchev–Trinajstić information content (AvgIpc) is 1.81. The summed E-state index contributed by atoms with van der Waals surface area (Å²) in [6.45, 7) is 1.85. The molecule has 8 heavy (non-hydrogen) atoms. The maximum atomic E-state index is 8.21. The molecule has 0 aliphatic rings. The van der Waals surface area contributed by atoms with Gasteiger partial charge in [-0.15, -0.1) is 0 Å². The summed E-state index contributed by atoms with van der Waals surface area (Å²) < 4.78 is 0. The first-order chi connectivity index (χ1) is 3.91. The van der Waals surface area contributed by atoms with Gasteiger partial charge in [-0.25, -0.2) is 0 Å². The predicted octanol–water partition coefficient (Wildman–Crippen LogP) is 0.396. The summed E-state index contributed by atoms with van der Waals surface area (Å²) in [7, 11) is 0. The SMILES string of the molecule is CC#CC#CCCO. The summed E-state index contributed by atoms with van der Waals surface area (Å²) in [5.41, 5.74) is 0. The monoisotopic (exact) mass is 108 g/mol. The molecule has 0 aromatic carbocycles. The van der Waals surface area contributed by atoms with Crippen LogP contribution in [0.5, 0.6) is 0 Å². The largest absolute Gasteiger partial charge is 0.395 e. The molecular weight excluding hydrogens is 100 g/mol. The maximum Gasteiger partial charge on any atom is 0.0540 e.